The summed E-state index contributed by atoms with van der Waals surface area (Å²) in [5.74, 6) is 2.02. The van der Waals surface area contributed by atoms with Gasteiger partial charge in [-0.1, -0.05) is 30.3 Å². The van der Waals surface area contributed by atoms with E-state index in [1.165, 1.54) is 18.4 Å². The van der Waals surface area contributed by atoms with Crippen molar-refractivity contribution in [3.05, 3.63) is 60.1 Å². The van der Waals surface area contributed by atoms with E-state index in [1.807, 2.05) is 18.2 Å². The molecule has 4 heteroatoms. The molecule has 1 aromatic carbocycles. The van der Waals surface area contributed by atoms with Gasteiger partial charge in [0.25, 0.3) is 0 Å². The lowest BCUT2D eigenvalue weighted by Gasteiger charge is -2.21. The molecule has 3 rings (SSSR count). The first-order chi connectivity index (χ1) is 9.43. The fourth-order valence-electron chi connectivity index (χ4n) is 2.40. The molecule has 0 radical (unpaired) electrons. The van der Waals surface area contributed by atoms with E-state index in [0.717, 1.165) is 24.6 Å². The smallest absolute Gasteiger partial charge is 0.130 e. The van der Waals surface area contributed by atoms with Gasteiger partial charge in [-0.05, 0) is 30.5 Å². The van der Waals surface area contributed by atoms with Crippen LogP contribution in [0, 0.1) is 0 Å². The minimum atomic E-state index is 0. The van der Waals surface area contributed by atoms with Gasteiger partial charge in [0, 0.05) is 13.0 Å². The van der Waals surface area contributed by atoms with Gasteiger partial charge in [-0.25, -0.2) is 0 Å². The van der Waals surface area contributed by atoms with Crippen LogP contribution in [0.1, 0.15) is 36.6 Å². The molecule has 0 saturated carbocycles. The number of hydrogen-bond donors (Lipinski definition) is 1. The molecular weight excluding hydrogens is 272 g/mol. The molecule has 1 atom stereocenters. The first kappa shape index (κ1) is 14.7. The van der Waals surface area contributed by atoms with E-state index in [-0.39, 0.29) is 18.4 Å². The number of furan rings is 1. The van der Waals surface area contributed by atoms with Crippen LogP contribution in [0.4, 0.5) is 0 Å². The SMILES string of the molecule is Cl.c1ccc(C(NC2=NCCCC2)c2ccco2)cc1. The molecule has 0 bridgehead atoms. The number of nitrogens with zero attached hydrogens (tertiary/aromatic N) is 1. The van der Waals surface area contributed by atoms with Gasteiger partial charge in [-0.2, -0.15) is 0 Å². The van der Waals surface area contributed by atoms with E-state index >= 15 is 0 Å². The molecule has 1 unspecified atom stereocenters. The molecule has 1 aliphatic rings. The molecule has 2 heterocycles. The highest BCUT2D eigenvalue weighted by atomic mass is 35.5. The van der Waals surface area contributed by atoms with E-state index < -0.39 is 0 Å². The fraction of sp³-hybridized carbons (Fsp3) is 0.312. The van der Waals surface area contributed by atoms with Crippen molar-refractivity contribution in [1.29, 1.82) is 0 Å². The Kier molecular flexibility index (Phi) is 5.24. The average Bonchev–Trinajstić information content (AvgIpc) is 3.01. The highest BCUT2D eigenvalue weighted by molar-refractivity contribution is 5.85. The van der Waals surface area contributed by atoms with E-state index in [1.54, 1.807) is 6.26 Å². The number of rotatable bonds is 3. The summed E-state index contributed by atoms with van der Waals surface area (Å²) in [6.07, 6.45) is 5.16. The van der Waals surface area contributed by atoms with Crippen molar-refractivity contribution in [1.82, 2.24) is 5.32 Å². The second kappa shape index (κ2) is 7.15. The Morgan fingerprint density at radius 1 is 1.05 bits per heavy atom. The Balaban J connectivity index is 0.00000147. The predicted octanol–water partition coefficient (Wildman–Crippen LogP) is 3.96. The number of amidine groups is 1. The second-order valence-electron chi connectivity index (χ2n) is 4.79. The van der Waals surface area contributed by atoms with Crippen LogP contribution in [0.2, 0.25) is 0 Å². The molecule has 0 spiro atoms. The van der Waals surface area contributed by atoms with Gasteiger partial charge in [0.1, 0.15) is 11.8 Å². The highest BCUT2D eigenvalue weighted by Gasteiger charge is 2.18. The maximum absolute atomic E-state index is 5.57. The van der Waals surface area contributed by atoms with Gasteiger partial charge in [-0.3, -0.25) is 4.99 Å². The average molecular weight is 291 g/mol. The molecule has 0 fully saturated rings. The summed E-state index contributed by atoms with van der Waals surface area (Å²) in [6.45, 7) is 0.933. The summed E-state index contributed by atoms with van der Waals surface area (Å²) in [4.78, 5) is 4.57. The number of hydrogen-bond acceptors (Lipinski definition) is 3. The third-order valence-electron chi connectivity index (χ3n) is 3.40. The minimum absolute atomic E-state index is 0. The van der Waals surface area contributed by atoms with E-state index in [9.17, 15) is 0 Å². The normalized spacial score (nSPS) is 15.9. The number of benzene rings is 1. The molecule has 1 aromatic heterocycles. The summed E-state index contributed by atoms with van der Waals surface area (Å²) in [5, 5.41) is 3.53. The van der Waals surface area contributed by atoms with Crippen LogP contribution in [0.5, 0.6) is 0 Å². The topological polar surface area (TPSA) is 37.5 Å². The molecule has 0 amide bonds. The minimum Gasteiger partial charge on any atom is -0.467 e. The lowest BCUT2D eigenvalue weighted by atomic mass is 10.0. The summed E-state index contributed by atoms with van der Waals surface area (Å²) >= 11 is 0. The first-order valence-electron chi connectivity index (χ1n) is 6.82. The zero-order chi connectivity index (χ0) is 12.9. The number of halogens is 1. The van der Waals surface area contributed by atoms with Crippen LogP contribution >= 0.6 is 12.4 Å². The number of aliphatic imine (C=N–C) groups is 1. The van der Waals surface area contributed by atoms with Crippen molar-refractivity contribution in [2.24, 2.45) is 4.99 Å². The van der Waals surface area contributed by atoms with Crippen molar-refractivity contribution < 1.29 is 4.42 Å². The van der Waals surface area contributed by atoms with Crippen molar-refractivity contribution in [3.63, 3.8) is 0 Å². The maximum atomic E-state index is 5.57. The van der Waals surface area contributed by atoms with Gasteiger partial charge in [0.15, 0.2) is 0 Å². The molecule has 2 aromatic rings. The van der Waals surface area contributed by atoms with Gasteiger partial charge in [0.05, 0.1) is 12.1 Å². The second-order valence-corrected chi connectivity index (χ2v) is 4.79. The Hall–Kier alpha value is -1.74. The van der Waals surface area contributed by atoms with Crippen LogP contribution in [-0.4, -0.2) is 12.4 Å². The highest BCUT2D eigenvalue weighted by Crippen LogP contribution is 2.23. The van der Waals surface area contributed by atoms with E-state index in [0.29, 0.717) is 0 Å². The van der Waals surface area contributed by atoms with Crippen molar-refractivity contribution in [2.45, 2.75) is 25.3 Å². The molecule has 0 aliphatic carbocycles. The summed E-state index contributed by atoms with van der Waals surface area (Å²) in [6, 6.07) is 14.3. The monoisotopic (exact) mass is 290 g/mol. The molecule has 106 valence electrons. The lowest BCUT2D eigenvalue weighted by molar-refractivity contribution is 0.472. The zero-order valence-electron chi connectivity index (χ0n) is 11.3. The largest absolute Gasteiger partial charge is 0.467 e. The van der Waals surface area contributed by atoms with E-state index in [4.69, 9.17) is 4.42 Å². The lowest BCUT2D eigenvalue weighted by Crippen LogP contribution is -2.30. The first-order valence-corrected chi connectivity index (χ1v) is 6.82. The standard InChI is InChI=1S/C16H18N2O.ClH/c1-2-7-13(8-3-1)16(14-9-6-12-19-14)18-15-10-4-5-11-17-15;/h1-3,6-9,12,16H,4-5,10-11H2,(H,17,18);1H. The molecular formula is C16H19ClN2O. The quantitative estimate of drug-likeness (QED) is 0.929. The Bertz CT molecular complexity index is 537. The zero-order valence-corrected chi connectivity index (χ0v) is 12.1. The van der Waals surface area contributed by atoms with E-state index in [2.05, 4.69) is 34.6 Å². The van der Waals surface area contributed by atoms with Gasteiger partial charge in [0.2, 0.25) is 0 Å². The van der Waals surface area contributed by atoms with Gasteiger partial charge >= 0.3 is 0 Å². The predicted molar refractivity (Wildman–Crippen MR) is 83.5 cm³/mol. The third kappa shape index (κ3) is 3.42. The van der Waals surface area contributed by atoms with Crippen molar-refractivity contribution in [3.8, 4) is 0 Å². The Morgan fingerprint density at radius 2 is 1.90 bits per heavy atom. The Morgan fingerprint density at radius 3 is 2.55 bits per heavy atom. The summed E-state index contributed by atoms with van der Waals surface area (Å²) in [5.41, 5.74) is 1.20. The summed E-state index contributed by atoms with van der Waals surface area (Å²) in [7, 11) is 0. The molecule has 3 nitrogen and oxygen atoms in total. The molecule has 0 saturated heterocycles. The third-order valence-corrected chi connectivity index (χ3v) is 3.40. The van der Waals surface area contributed by atoms with Gasteiger partial charge < -0.3 is 9.73 Å². The molecule has 20 heavy (non-hydrogen) atoms. The van der Waals surface area contributed by atoms with Crippen LogP contribution < -0.4 is 5.32 Å². The van der Waals surface area contributed by atoms with Crippen LogP contribution in [0.25, 0.3) is 0 Å². The fourth-order valence-corrected chi connectivity index (χ4v) is 2.40. The Labute approximate surface area is 125 Å². The maximum Gasteiger partial charge on any atom is 0.130 e. The van der Waals surface area contributed by atoms with Crippen LogP contribution in [0.3, 0.4) is 0 Å². The van der Waals surface area contributed by atoms with Crippen LogP contribution in [0.15, 0.2) is 58.1 Å². The number of nitrogens with one attached hydrogen (secondary N) is 1. The molecule has 1 aliphatic heterocycles. The van der Waals surface area contributed by atoms with Crippen LogP contribution in [-0.2, 0) is 0 Å². The summed E-state index contributed by atoms with van der Waals surface area (Å²) < 4.78 is 5.57. The van der Waals surface area contributed by atoms with Crippen molar-refractivity contribution in [2.75, 3.05) is 6.54 Å². The molecule has 1 N–H and O–H groups in total. The van der Waals surface area contributed by atoms with Gasteiger partial charge in [-0.15, -0.1) is 12.4 Å². The van der Waals surface area contributed by atoms with Crippen molar-refractivity contribution >= 4 is 18.2 Å².